The van der Waals surface area contributed by atoms with E-state index in [4.69, 9.17) is 0 Å². The van der Waals surface area contributed by atoms with E-state index in [2.05, 4.69) is 24.5 Å². The number of aliphatic carboxylic acids is 1. The zero-order chi connectivity index (χ0) is 33.9. The minimum absolute atomic E-state index is 0.135. The molecule has 0 rings (SSSR count). The summed E-state index contributed by atoms with van der Waals surface area (Å²) in [6, 6.07) is 0. The Hall–Kier alpha value is -3.29. The lowest BCUT2D eigenvalue weighted by Gasteiger charge is -2.22. The smallest absolute Gasteiger partial charge is 0.336 e. The van der Waals surface area contributed by atoms with Gasteiger partial charge in [-0.2, -0.15) is 0 Å². The average molecular weight is 641 g/mol. The number of carboxylic acid groups (broad SMARTS) is 1. The Morgan fingerprint density at radius 3 is 1.38 bits per heavy atom. The van der Waals surface area contributed by atoms with Gasteiger partial charge in [0, 0.05) is 38.3 Å². The summed E-state index contributed by atoms with van der Waals surface area (Å²) in [5.74, 6) is -4.11. The van der Waals surface area contributed by atoms with Crippen LogP contribution in [0, 0.1) is 0 Å². The molecule has 6 N–H and O–H groups in total. The Kier molecular flexibility index (Phi) is 24.1. The van der Waals surface area contributed by atoms with Crippen molar-refractivity contribution in [3.8, 4) is 0 Å². The molecular formula is C32H56N4O9. The van der Waals surface area contributed by atoms with Crippen molar-refractivity contribution in [3.63, 3.8) is 0 Å². The lowest BCUT2D eigenvalue weighted by molar-refractivity contribution is -0.164. The van der Waals surface area contributed by atoms with Gasteiger partial charge in [-0.25, -0.2) is 14.9 Å². The van der Waals surface area contributed by atoms with Crippen LogP contribution in [0.25, 0.3) is 0 Å². The molecule has 4 amide bonds. The van der Waals surface area contributed by atoms with Crippen molar-refractivity contribution < 1.29 is 44.6 Å². The first kappa shape index (κ1) is 41.7. The van der Waals surface area contributed by atoms with E-state index in [1.807, 2.05) is 0 Å². The third-order valence-corrected chi connectivity index (χ3v) is 7.02. The molecule has 0 spiro atoms. The predicted molar refractivity (Wildman–Crippen MR) is 169 cm³/mol. The molecular weight excluding hydrogens is 584 g/mol. The van der Waals surface area contributed by atoms with Crippen LogP contribution in [0.3, 0.4) is 0 Å². The number of hydroxylamine groups is 4. The minimum Gasteiger partial charge on any atom is -0.479 e. The van der Waals surface area contributed by atoms with Crippen molar-refractivity contribution in [2.24, 2.45) is 0 Å². The number of nitrogens with zero attached hydrogens (tertiary/aromatic N) is 2. The molecule has 0 aromatic rings. The zero-order valence-corrected chi connectivity index (χ0v) is 27.2. The minimum atomic E-state index is -2.57. The summed E-state index contributed by atoms with van der Waals surface area (Å²) in [6.45, 7) is 4.85. The molecule has 0 aromatic heterocycles. The molecule has 0 heterocycles. The standard InChI is InChI=1S/C32H56N4O9/c1-3-5-7-9-13-19-29(39)35(44)23-17-11-15-21-33-27(37)25-32(43,31(41)42)26-28(38)34-22-16-12-18-24-36(45)30(40)20-14-10-8-6-4-2/h13-14,19-20,43-45H,3-12,15-18,21-26H2,1-2H3,(H,33,37)(H,34,38)(H,41,42)/b19-13+,20-14+. The van der Waals surface area contributed by atoms with Gasteiger partial charge in [-0.3, -0.25) is 29.6 Å². The normalized spacial score (nSPS) is 11.6. The van der Waals surface area contributed by atoms with Crippen LogP contribution in [0.5, 0.6) is 0 Å². The van der Waals surface area contributed by atoms with Crippen LogP contribution < -0.4 is 10.6 Å². The van der Waals surface area contributed by atoms with Crippen LogP contribution in [0.1, 0.15) is 117 Å². The van der Waals surface area contributed by atoms with Crippen LogP contribution in [-0.2, 0) is 24.0 Å². The van der Waals surface area contributed by atoms with Crippen molar-refractivity contribution in [2.75, 3.05) is 26.2 Å². The highest BCUT2D eigenvalue weighted by molar-refractivity contribution is 5.91. The van der Waals surface area contributed by atoms with Gasteiger partial charge in [0.15, 0.2) is 5.60 Å². The second kappa shape index (κ2) is 26.0. The molecule has 0 aliphatic carbocycles. The molecule has 0 unspecified atom stereocenters. The summed E-state index contributed by atoms with van der Waals surface area (Å²) in [5.41, 5.74) is -2.57. The molecule has 0 aliphatic heterocycles. The third kappa shape index (κ3) is 22.0. The molecule has 0 saturated heterocycles. The van der Waals surface area contributed by atoms with Gasteiger partial charge in [0.2, 0.25) is 11.8 Å². The molecule has 45 heavy (non-hydrogen) atoms. The van der Waals surface area contributed by atoms with E-state index in [0.717, 1.165) is 51.4 Å². The van der Waals surface area contributed by atoms with Crippen molar-refractivity contribution in [3.05, 3.63) is 24.3 Å². The first-order valence-electron chi connectivity index (χ1n) is 16.3. The monoisotopic (exact) mass is 640 g/mol. The van der Waals surface area contributed by atoms with Crippen LogP contribution in [0.15, 0.2) is 24.3 Å². The molecule has 0 radical (unpaired) electrons. The number of aliphatic hydroxyl groups is 1. The van der Waals surface area contributed by atoms with Crippen LogP contribution >= 0.6 is 0 Å². The van der Waals surface area contributed by atoms with Crippen LogP contribution in [-0.4, -0.2) is 92.1 Å². The summed E-state index contributed by atoms with van der Waals surface area (Å²) in [4.78, 5) is 59.9. The van der Waals surface area contributed by atoms with Crippen molar-refractivity contribution >= 4 is 29.6 Å². The van der Waals surface area contributed by atoms with E-state index in [1.54, 1.807) is 12.2 Å². The molecule has 13 heteroatoms. The number of hydrogen-bond donors (Lipinski definition) is 6. The second-order valence-electron chi connectivity index (χ2n) is 11.2. The second-order valence-corrected chi connectivity index (χ2v) is 11.2. The maximum Gasteiger partial charge on any atom is 0.336 e. The molecule has 0 atom stereocenters. The molecule has 13 nitrogen and oxygen atoms in total. The number of carbonyl (C=O) groups is 5. The SMILES string of the molecule is CCCCC/C=C/C(=O)N(O)CCCCCNC(=O)CC(O)(CC(=O)NCCCCCN(O)C(=O)/C=C/CCCCC)C(=O)O. The molecule has 258 valence electrons. The molecule has 0 aliphatic rings. The van der Waals surface area contributed by atoms with Gasteiger partial charge >= 0.3 is 5.97 Å². The van der Waals surface area contributed by atoms with Gasteiger partial charge in [-0.1, -0.05) is 51.7 Å². The Labute approximate surface area is 267 Å². The number of nitrogens with one attached hydrogen (secondary N) is 2. The molecule has 0 saturated carbocycles. The van der Waals surface area contributed by atoms with Gasteiger partial charge < -0.3 is 20.8 Å². The first-order valence-corrected chi connectivity index (χ1v) is 16.3. The number of carboxylic acids is 1. The first-order chi connectivity index (χ1) is 21.5. The quantitative estimate of drug-likeness (QED) is 0.0334. The van der Waals surface area contributed by atoms with Crippen molar-refractivity contribution in [1.82, 2.24) is 20.8 Å². The summed E-state index contributed by atoms with van der Waals surface area (Å²) >= 11 is 0. The van der Waals surface area contributed by atoms with Crippen molar-refractivity contribution in [2.45, 2.75) is 122 Å². The number of amides is 4. The van der Waals surface area contributed by atoms with E-state index < -0.39 is 48.0 Å². The largest absolute Gasteiger partial charge is 0.479 e. The fraction of sp³-hybridized carbons (Fsp3) is 0.719. The fourth-order valence-electron chi connectivity index (χ4n) is 4.24. The molecule has 0 fully saturated rings. The Morgan fingerprint density at radius 2 is 1.02 bits per heavy atom. The van der Waals surface area contributed by atoms with E-state index in [0.29, 0.717) is 48.7 Å². The van der Waals surface area contributed by atoms with E-state index in [-0.39, 0.29) is 26.2 Å². The third-order valence-electron chi connectivity index (χ3n) is 7.02. The maximum absolute atomic E-state index is 12.3. The lowest BCUT2D eigenvalue weighted by Crippen LogP contribution is -2.47. The Morgan fingerprint density at radius 1 is 0.622 bits per heavy atom. The highest BCUT2D eigenvalue weighted by Crippen LogP contribution is 2.16. The zero-order valence-electron chi connectivity index (χ0n) is 27.2. The van der Waals surface area contributed by atoms with E-state index in [1.165, 1.54) is 12.2 Å². The number of allylic oxidation sites excluding steroid dienone is 2. The molecule has 0 aromatic carbocycles. The Balaban J connectivity index is 4.21. The number of carbonyl (C=O) groups excluding carboxylic acids is 4. The van der Waals surface area contributed by atoms with Gasteiger partial charge in [0.1, 0.15) is 0 Å². The highest BCUT2D eigenvalue weighted by Gasteiger charge is 2.40. The Bertz CT molecular complexity index is 876. The lowest BCUT2D eigenvalue weighted by atomic mass is 9.94. The van der Waals surface area contributed by atoms with Crippen molar-refractivity contribution in [1.29, 1.82) is 0 Å². The number of hydrogen-bond acceptors (Lipinski definition) is 8. The van der Waals surface area contributed by atoms with Gasteiger partial charge in [-0.15, -0.1) is 0 Å². The van der Waals surface area contributed by atoms with Gasteiger partial charge in [-0.05, 0) is 64.2 Å². The van der Waals surface area contributed by atoms with E-state index >= 15 is 0 Å². The highest BCUT2D eigenvalue weighted by atomic mass is 16.5. The van der Waals surface area contributed by atoms with Crippen LogP contribution in [0.2, 0.25) is 0 Å². The van der Waals surface area contributed by atoms with E-state index in [9.17, 15) is 44.6 Å². The van der Waals surface area contributed by atoms with Gasteiger partial charge in [0.05, 0.1) is 12.8 Å². The number of unbranched alkanes of at least 4 members (excludes halogenated alkanes) is 10. The predicted octanol–water partition coefficient (Wildman–Crippen LogP) is 3.86. The topological polar surface area (TPSA) is 197 Å². The molecule has 0 bridgehead atoms. The average Bonchev–Trinajstić information content (AvgIpc) is 2.99. The van der Waals surface area contributed by atoms with Gasteiger partial charge in [0.25, 0.3) is 11.8 Å². The summed E-state index contributed by atoms with van der Waals surface area (Å²) in [5, 5.41) is 45.9. The summed E-state index contributed by atoms with van der Waals surface area (Å²) in [7, 11) is 0. The maximum atomic E-state index is 12.3. The summed E-state index contributed by atoms with van der Waals surface area (Å²) in [6.07, 6.45) is 15.6. The number of rotatable bonds is 27. The summed E-state index contributed by atoms with van der Waals surface area (Å²) < 4.78 is 0. The fourth-order valence-corrected chi connectivity index (χ4v) is 4.24. The van der Waals surface area contributed by atoms with Crippen LogP contribution in [0.4, 0.5) is 0 Å².